The van der Waals surface area contributed by atoms with Crippen molar-refractivity contribution in [2.24, 2.45) is 0 Å². The quantitative estimate of drug-likeness (QED) is 0.853. The third-order valence-corrected chi connectivity index (χ3v) is 3.76. The normalized spacial score (nSPS) is 19.9. The Morgan fingerprint density at radius 1 is 1.29 bits per heavy atom. The van der Waals surface area contributed by atoms with Gasteiger partial charge in [-0.2, -0.15) is 0 Å². The minimum absolute atomic E-state index is 0.0745. The van der Waals surface area contributed by atoms with Crippen LogP contribution in [0.4, 0.5) is 5.82 Å². The van der Waals surface area contributed by atoms with Crippen molar-refractivity contribution in [3.05, 3.63) is 17.6 Å². The third-order valence-electron chi connectivity index (χ3n) is 3.76. The van der Waals surface area contributed by atoms with Crippen LogP contribution in [0.15, 0.2) is 6.07 Å². The second kappa shape index (κ2) is 6.71. The van der Waals surface area contributed by atoms with Crippen molar-refractivity contribution in [2.45, 2.75) is 51.7 Å². The molecule has 0 amide bonds. The lowest BCUT2D eigenvalue weighted by molar-refractivity contribution is 0.0891. The van der Waals surface area contributed by atoms with Gasteiger partial charge in [0, 0.05) is 38.8 Å². The predicted octanol–water partition coefficient (Wildman–Crippen LogP) is 2.54. The number of hydrogen-bond acceptors (Lipinski definition) is 5. The number of rotatable bonds is 4. The number of piperidine rings is 1. The third kappa shape index (κ3) is 4.14. The second-order valence-electron chi connectivity index (χ2n) is 6.67. The monoisotopic (exact) mass is 293 g/mol. The van der Waals surface area contributed by atoms with Crippen molar-refractivity contribution in [3.8, 4) is 0 Å². The lowest BCUT2D eigenvalue weighted by Gasteiger charge is -2.33. The van der Waals surface area contributed by atoms with E-state index in [1.165, 1.54) is 0 Å². The Kier molecular flexibility index (Phi) is 5.17. The highest BCUT2D eigenvalue weighted by molar-refractivity contribution is 5.41. The van der Waals surface area contributed by atoms with Crippen molar-refractivity contribution in [2.75, 3.05) is 32.2 Å². The molecule has 1 unspecified atom stereocenters. The first-order chi connectivity index (χ1) is 9.94. The molecular formula is C16H27N3O2. The van der Waals surface area contributed by atoms with E-state index in [1.807, 2.05) is 6.07 Å². The molecule has 1 saturated heterocycles. The Bertz CT molecular complexity index is 471. The van der Waals surface area contributed by atoms with Crippen LogP contribution < -0.4 is 4.90 Å². The summed E-state index contributed by atoms with van der Waals surface area (Å²) in [5.41, 5.74) is 0.863. The van der Waals surface area contributed by atoms with E-state index in [0.717, 1.165) is 43.3 Å². The first-order valence-electron chi connectivity index (χ1n) is 7.59. The SMILES string of the molecule is COCc1cc(N2CCCC(OC)C2)nc(C(C)(C)C)n1. The molecule has 1 aliphatic heterocycles. The van der Waals surface area contributed by atoms with Gasteiger partial charge < -0.3 is 14.4 Å². The molecule has 0 bridgehead atoms. The summed E-state index contributed by atoms with van der Waals surface area (Å²) in [6.07, 6.45) is 2.54. The largest absolute Gasteiger partial charge is 0.380 e. The van der Waals surface area contributed by atoms with Crippen LogP contribution in [0.5, 0.6) is 0 Å². The first-order valence-corrected chi connectivity index (χ1v) is 7.59. The summed E-state index contributed by atoms with van der Waals surface area (Å²) in [5, 5.41) is 0. The van der Waals surface area contributed by atoms with Crippen LogP contribution in [0.25, 0.3) is 0 Å². The molecule has 0 saturated carbocycles. The average Bonchev–Trinajstić information content (AvgIpc) is 2.46. The van der Waals surface area contributed by atoms with Crippen LogP contribution in [0, 0.1) is 0 Å². The highest BCUT2D eigenvalue weighted by Crippen LogP contribution is 2.25. The molecule has 21 heavy (non-hydrogen) atoms. The fourth-order valence-corrected chi connectivity index (χ4v) is 2.54. The van der Waals surface area contributed by atoms with E-state index in [9.17, 15) is 0 Å². The summed E-state index contributed by atoms with van der Waals surface area (Å²) in [6.45, 7) is 8.83. The van der Waals surface area contributed by atoms with Crippen LogP contribution in [-0.2, 0) is 21.5 Å². The van der Waals surface area contributed by atoms with Crippen LogP contribution in [0.1, 0.15) is 45.1 Å². The Morgan fingerprint density at radius 3 is 2.67 bits per heavy atom. The lowest BCUT2D eigenvalue weighted by atomic mass is 9.95. The average molecular weight is 293 g/mol. The molecule has 1 aromatic rings. The van der Waals surface area contributed by atoms with Gasteiger partial charge in [0.25, 0.3) is 0 Å². The van der Waals surface area contributed by atoms with Crippen molar-refractivity contribution in [3.63, 3.8) is 0 Å². The van der Waals surface area contributed by atoms with E-state index in [4.69, 9.17) is 14.5 Å². The van der Waals surface area contributed by atoms with Crippen molar-refractivity contribution in [1.82, 2.24) is 9.97 Å². The summed E-state index contributed by atoms with van der Waals surface area (Å²) in [5.74, 6) is 1.86. The zero-order valence-electron chi connectivity index (χ0n) is 13.8. The number of anilines is 1. The molecule has 0 N–H and O–H groups in total. The van der Waals surface area contributed by atoms with Gasteiger partial charge in [-0.15, -0.1) is 0 Å². The standard InChI is InChI=1S/C16H27N3O2/c1-16(2,3)15-17-12(11-20-4)9-14(18-15)19-8-6-7-13(10-19)21-5/h9,13H,6-8,10-11H2,1-5H3. The van der Waals surface area contributed by atoms with Gasteiger partial charge in [0.15, 0.2) is 0 Å². The highest BCUT2D eigenvalue weighted by Gasteiger charge is 2.24. The fraction of sp³-hybridized carbons (Fsp3) is 0.750. The molecular weight excluding hydrogens is 266 g/mol. The Hall–Kier alpha value is -1.20. The van der Waals surface area contributed by atoms with E-state index in [0.29, 0.717) is 6.61 Å². The molecule has 0 aromatic carbocycles. The number of ether oxygens (including phenoxy) is 2. The van der Waals surface area contributed by atoms with E-state index >= 15 is 0 Å². The molecule has 0 radical (unpaired) electrons. The van der Waals surface area contributed by atoms with Crippen LogP contribution in [-0.4, -0.2) is 43.4 Å². The van der Waals surface area contributed by atoms with Crippen LogP contribution >= 0.6 is 0 Å². The van der Waals surface area contributed by atoms with Crippen molar-refractivity contribution in [1.29, 1.82) is 0 Å². The topological polar surface area (TPSA) is 47.5 Å². The molecule has 5 heteroatoms. The van der Waals surface area contributed by atoms with Gasteiger partial charge >= 0.3 is 0 Å². The van der Waals surface area contributed by atoms with Gasteiger partial charge in [0.1, 0.15) is 11.6 Å². The molecule has 0 spiro atoms. The van der Waals surface area contributed by atoms with E-state index in [-0.39, 0.29) is 11.5 Å². The smallest absolute Gasteiger partial charge is 0.136 e. The number of hydrogen-bond donors (Lipinski definition) is 0. The zero-order valence-corrected chi connectivity index (χ0v) is 13.8. The van der Waals surface area contributed by atoms with E-state index < -0.39 is 0 Å². The number of nitrogens with zero attached hydrogens (tertiary/aromatic N) is 3. The van der Waals surface area contributed by atoms with E-state index in [2.05, 4.69) is 30.7 Å². The first kappa shape index (κ1) is 16.2. The van der Waals surface area contributed by atoms with Gasteiger partial charge in [0.05, 0.1) is 18.4 Å². The minimum atomic E-state index is -0.0745. The summed E-state index contributed by atoms with van der Waals surface area (Å²) >= 11 is 0. The maximum atomic E-state index is 5.51. The van der Waals surface area contributed by atoms with Gasteiger partial charge in [-0.3, -0.25) is 0 Å². The highest BCUT2D eigenvalue weighted by atomic mass is 16.5. The number of aromatic nitrogens is 2. The van der Waals surface area contributed by atoms with Crippen molar-refractivity contribution < 1.29 is 9.47 Å². The Balaban J connectivity index is 2.31. The fourth-order valence-electron chi connectivity index (χ4n) is 2.54. The Labute approximate surface area is 127 Å². The molecule has 2 rings (SSSR count). The number of methoxy groups -OCH3 is 2. The van der Waals surface area contributed by atoms with Crippen molar-refractivity contribution >= 4 is 5.82 Å². The zero-order chi connectivity index (χ0) is 15.5. The second-order valence-corrected chi connectivity index (χ2v) is 6.67. The summed E-state index contributed by atoms with van der Waals surface area (Å²) in [6, 6.07) is 2.04. The summed E-state index contributed by atoms with van der Waals surface area (Å²) < 4.78 is 10.8. The Morgan fingerprint density at radius 2 is 2.05 bits per heavy atom. The van der Waals surface area contributed by atoms with Gasteiger partial charge in [-0.25, -0.2) is 9.97 Å². The maximum Gasteiger partial charge on any atom is 0.136 e. The molecule has 1 aliphatic rings. The lowest BCUT2D eigenvalue weighted by Crippen LogP contribution is -2.40. The predicted molar refractivity (Wildman–Crippen MR) is 83.7 cm³/mol. The summed E-state index contributed by atoms with van der Waals surface area (Å²) in [7, 11) is 3.48. The van der Waals surface area contributed by atoms with E-state index in [1.54, 1.807) is 14.2 Å². The van der Waals surface area contributed by atoms with Gasteiger partial charge in [-0.05, 0) is 12.8 Å². The van der Waals surface area contributed by atoms with Gasteiger partial charge in [0.2, 0.25) is 0 Å². The van der Waals surface area contributed by atoms with Crippen LogP contribution in [0.3, 0.4) is 0 Å². The van der Waals surface area contributed by atoms with Gasteiger partial charge in [-0.1, -0.05) is 20.8 Å². The molecule has 0 aliphatic carbocycles. The van der Waals surface area contributed by atoms with Crippen LogP contribution in [0.2, 0.25) is 0 Å². The molecule has 5 nitrogen and oxygen atoms in total. The molecule has 1 atom stereocenters. The molecule has 1 fully saturated rings. The maximum absolute atomic E-state index is 5.51. The molecule has 1 aromatic heterocycles. The molecule has 118 valence electrons. The summed E-state index contributed by atoms with van der Waals surface area (Å²) in [4.78, 5) is 11.7. The molecule has 2 heterocycles. The minimum Gasteiger partial charge on any atom is -0.380 e.